The molecule has 3 N–H and O–H groups in total. The van der Waals surface area contributed by atoms with Crippen LogP contribution in [0.25, 0.3) is 0 Å². The first-order chi connectivity index (χ1) is 12.4. The Morgan fingerprint density at radius 3 is 2.58 bits per heavy atom. The lowest BCUT2D eigenvalue weighted by molar-refractivity contribution is 0.0335. The molecule has 6 heteroatoms. The highest BCUT2D eigenvalue weighted by atomic mass is 32.1. The molecule has 4 nitrogen and oxygen atoms in total. The molecule has 1 saturated heterocycles. The Balaban J connectivity index is 1.33. The zero-order valence-electron chi connectivity index (χ0n) is 14.5. The number of β-amino-alcohol motifs (C(OH)–C–C–N with tert-alkyl or cyclic N) is 1. The third-order valence-corrected chi connectivity index (χ3v) is 6.68. The summed E-state index contributed by atoms with van der Waals surface area (Å²) in [5, 5.41) is 32.7. The zero-order chi connectivity index (χ0) is 18.3. The third kappa shape index (κ3) is 3.64. The van der Waals surface area contributed by atoms with Crippen LogP contribution in [-0.2, 0) is 6.42 Å². The van der Waals surface area contributed by atoms with Gasteiger partial charge in [0, 0.05) is 30.9 Å². The van der Waals surface area contributed by atoms with Crippen molar-refractivity contribution < 1.29 is 19.7 Å². The summed E-state index contributed by atoms with van der Waals surface area (Å²) in [5.41, 5.74) is -0.128. The van der Waals surface area contributed by atoms with Crippen molar-refractivity contribution in [2.75, 3.05) is 19.6 Å². The summed E-state index contributed by atoms with van der Waals surface area (Å²) in [4.78, 5) is 3.43. The van der Waals surface area contributed by atoms with Gasteiger partial charge in [0.2, 0.25) is 0 Å². The summed E-state index contributed by atoms with van der Waals surface area (Å²) in [6, 6.07) is 8.12. The lowest BCUT2D eigenvalue weighted by atomic mass is 9.95. The van der Waals surface area contributed by atoms with Crippen LogP contribution >= 0.6 is 11.3 Å². The molecule has 2 heterocycles. The van der Waals surface area contributed by atoms with Crippen LogP contribution in [0.1, 0.15) is 29.4 Å². The van der Waals surface area contributed by atoms with Crippen LogP contribution in [-0.4, -0.2) is 45.5 Å². The molecule has 26 heavy (non-hydrogen) atoms. The maximum absolute atomic E-state index is 13.5. The van der Waals surface area contributed by atoms with Gasteiger partial charge in [-0.2, -0.15) is 0 Å². The number of phenols is 1. The molecule has 2 aliphatic rings. The highest BCUT2D eigenvalue weighted by molar-refractivity contribution is 7.09. The van der Waals surface area contributed by atoms with Crippen LogP contribution in [0, 0.1) is 17.7 Å². The molecule has 1 aliphatic carbocycles. The van der Waals surface area contributed by atoms with Crippen LogP contribution in [0.4, 0.5) is 4.39 Å². The normalized spacial score (nSPS) is 29.8. The molecule has 2 fully saturated rings. The summed E-state index contributed by atoms with van der Waals surface area (Å²) < 4.78 is 13.5. The minimum absolute atomic E-state index is 0.401. The van der Waals surface area contributed by atoms with Crippen LogP contribution in [0.3, 0.4) is 0 Å². The number of aromatic hydroxyl groups is 1. The Morgan fingerprint density at radius 1 is 1.23 bits per heavy atom. The van der Waals surface area contributed by atoms with E-state index in [2.05, 4.69) is 11.0 Å². The number of aliphatic hydroxyl groups excluding tert-OH is 1. The van der Waals surface area contributed by atoms with Gasteiger partial charge in [0.15, 0.2) is 11.6 Å². The molecule has 1 aromatic carbocycles. The van der Waals surface area contributed by atoms with Crippen LogP contribution in [0.15, 0.2) is 35.7 Å². The summed E-state index contributed by atoms with van der Waals surface area (Å²) in [5.74, 6) is -0.215. The standard InChI is InChI=1S/C20H24FNO3S/c21-17-6-13(3-4-18(17)23)19(24)12-22-10-14-7-20(25,8-15(14)11-22)9-16-2-1-5-26-16/h1-6,14-15,19,23-25H,7-12H2/t14-,15+,19?,20?. The minimum Gasteiger partial charge on any atom is -0.505 e. The molecular weight excluding hydrogens is 353 g/mol. The maximum Gasteiger partial charge on any atom is 0.165 e. The van der Waals surface area contributed by atoms with E-state index in [1.54, 1.807) is 17.4 Å². The smallest absolute Gasteiger partial charge is 0.165 e. The van der Waals surface area contributed by atoms with E-state index < -0.39 is 23.3 Å². The Labute approximate surface area is 156 Å². The molecule has 1 aliphatic heterocycles. The molecule has 1 saturated carbocycles. The van der Waals surface area contributed by atoms with Crippen molar-refractivity contribution in [1.29, 1.82) is 0 Å². The van der Waals surface area contributed by atoms with Crippen molar-refractivity contribution in [2.24, 2.45) is 11.8 Å². The highest BCUT2D eigenvalue weighted by Crippen LogP contribution is 2.46. The molecule has 0 radical (unpaired) electrons. The average Bonchev–Trinajstić information content (AvgIpc) is 3.26. The van der Waals surface area contributed by atoms with Crippen molar-refractivity contribution in [3.05, 3.63) is 52.0 Å². The molecule has 4 rings (SSSR count). The number of nitrogens with zero attached hydrogens (tertiary/aromatic N) is 1. The van der Waals surface area contributed by atoms with Gasteiger partial charge < -0.3 is 15.3 Å². The lowest BCUT2D eigenvalue weighted by Gasteiger charge is -2.26. The first-order valence-electron chi connectivity index (χ1n) is 9.05. The SMILES string of the molecule is Oc1ccc(C(O)CN2C[C@@H]3CC(O)(Cc4cccs4)C[C@@H]3C2)cc1F. The van der Waals surface area contributed by atoms with Crippen molar-refractivity contribution in [1.82, 2.24) is 4.90 Å². The van der Waals surface area contributed by atoms with Crippen LogP contribution in [0.5, 0.6) is 5.75 Å². The number of likely N-dealkylation sites (tertiary alicyclic amines) is 1. The molecule has 0 spiro atoms. The second-order valence-electron chi connectivity index (χ2n) is 7.85. The number of hydrogen-bond donors (Lipinski definition) is 3. The number of benzene rings is 1. The van der Waals surface area contributed by atoms with Crippen molar-refractivity contribution in [2.45, 2.75) is 31.0 Å². The number of aliphatic hydroxyl groups is 2. The molecule has 140 valence electrons. The van der Waals surface area contributed by atoms with E-state index in [1.165, 1.54) is 17.0 Å². The number of hydrogen-bond acceptors (Lipinski definition) is 5. The molecule has 2 aromatic rings. The first-order valence-corrected chi connectivity index (χ1v) is 9.93. The second kappa shape index (κ2) is 6.93. The number of fused-ring (bicyclic) bond motifs is 1. The predicted molar refractivity (Wildman–Crippen MR) is 98.7 cm³/mol. The van der Waals surface area contributed by atoms with Gasteiger partial charge in [0.25, 0.3) is 0 Å². The Kier molecular flexibility index (Phi) is 4.77. The van der Waals surface area contributed by atoms with E-state index in [-0.39, 0.29) is 0 Å². The molecular formula is C20H24FNO3S. The van der Waals surface area contributed by atoms with E-state index in [0.717, 1.165) is 32.4 Å². The van der Waals surface area contributed by atoms with E-state index in [0.29, 0.717) is 23.9 Å². The van der Waals surface area contributed by atoms with Gasteiger partial charge in [-0.1, -0.05) is 12.1 Å². The van der Waals surface area contributed by atoms with Crippen molar-refractivity contribution in [3.8, 4) is 5.75 Å². The third-order valence-electron chi connectivity index (χ3n) is 5.81. The predicted octanol–water partition coefficient (Wildman–Crippen LogP) is 2.94. The van der Waals surface area contributed by atoms with Gasteiger partial charge in [0.05, 0.1) is 11.7 Å². The number of phenolic OH excluding ortho intramolecular Hbond substituents is 1. The van der Waals surface area contributed by atoms with Gasteiger partial charge in [-0.15, -0.1) is 11.3 Å². The van der Waals surface area contributed by atoms with Gasteiger partial charge in [-0.05, 0) is 53.8 Å². The molecule has 2 unspecified atom stereocenters. The summed E-state index contributed by atoms with van der Waals surface area (Å²) in [7, 11) is 0. The van der Waals surface area contributed by atoms with E-state index in [4.69, 9.17) is 0 Å². The van der Waals surface area contributed by atoms with Crippen molar-refractivity contribution in [3.63, 3.8) is 0 Å². The van der Waals surface area contributed by atoms with Crippen LogP contribution in [0.2, 0.25) is 0 Å². The van der Waals surface area contributed by atoms with E-state index in [9.17, 15) is 19.7 Å². The monoisotopic (exact) mass is 377 g/mol. The zero-order valence-corrected chi connectivity index (χ0v) is 15.3. The highest BCUT2D eigenvalue weighted by Gasteiger charge is 2.48. The Hall–Kier alpha value is -1.47. The fourth-order valence-electron chi connectivity index (χ4n) is 4.67. The quantitative estimate of drug-likeness (QED) is 0.750. The van der Waals surface area contributed by atoms with E-state index >= 15 is 0 Å². The Bertz CT molecular complexity index is 752. The molecule has 4 atom stereocenters. The largest absolute Gasteiger partial charge is 0.505 e. The van der Waals surface area contributed by atoms with E-state index in [1.807, 2.05) is 11.4 Å². The van der Waals surface area contributed by atoms with Gasteiger partial charge in [0.1, 0.15) is 0 Å². The Morgan fingerprint density at radius 2 is 1.96 bits per heavy atom. The first kappa shape index (κ1) is 17.9. The maximum atomic E-state index is 13.5. The van der Waals surface area contributed by atoms with Gasteiger partial charge in [-0.3, -0.25) is 4.90 Å². The molecule has 1 aromatic heterocycles. The van der Waals surface area contributed by atoms with Gasteiger partial charge in [-0.25, -0.2) is 4.39 Å². The topological polar surface area (TPSA) is 63.9 Å². The fraction of sp³-hybridized carbons (Fsp3) is 0.500. The number of rotatable bonds is 5. The second-order valence-corrected chi connectivity index (χ2v) is 8.89. The number of thiophene rings is 1. The fourth-order valence-corrected chi connectivity index (χ4v) is 5.51. The summed E-state index contributed by atoms with van der Waals surface area (Å²) in [6.07, 6.45) is 1.55. The van der Waals surface area contributed by atoms with Crippen LogP contribution < -0.4 is 0 Å². The average molecular weight is 377 g/mol. The molecule has 0 bridgehead atoms. The summed E-state index contributed by atoms with van der Waals surface area (Å²) >= 11 is 1.69. The minimum atomic E-state index is -0.783. The molecule has 0 amide bonds. The number of halogens is 1. The van der Waals surface area contributed by atoms with Crippen molar-refractivity contribution >= 4 is 11.3 Å². The summed E-state index contributed by atoms with van der Waals surface area (Å²) in [6.45, 7) is 2.16. The van der Waals surface area contributed by atoms with Gasteiger partial charge >= 0.3 is 0 Å². The lowest BCUT2D eigenvalue weighted by Crippen LogP contribution is -2.33.